The van der Waals surface area contributed by atoms with Crippen molar-refractivity contribution in [3.05, 3.63) is 15.6 Å². The maximum atomic E-state index is 12.2. The molecule has 1 fully saturated rings. The molecule has 2 rings (SSSR count). The van der Waals surface area contributed by atoms with Gasteiger partial charge in [-0.25, -0.2) is 18.1 Å². The molecule has 1 saturated heterocycles. The summed E-state index contributed by atoms with van der Waals surface area (Å²) >= 11 is 1.56. The number of sulfonamides is 1. The molecule has 2 N–H and O–H groups in total. The Balaban J connectivity index is 1.98. The van der Waals surface area contributed by atoms with Crippen molar-refractivity contribution in [3.8, 4) is 0 Å². The fraction of sp³-hybridized carbons (Fsp3) is 0.769. The molecule has 1 aromatic rings. The van der Waals surface area contributed by atoms with Crippen LogP contribution in [0.2, 0.25) is 0 Å². The molecule has 0 radical (unpaired) electrons. The number of nitrogens with zero attached hydrogens (tertiary/aromatic N) is 1. The Labute approximate surface area is 125 Å². The molecular weight excluding hydrogens is 294 g/mol. The van der Waals surface area contributed by atoms with Gasteiger partial charge in [0.15, 0.2) is 0 Å². The third kappa shape index (κ3) is 4.25. The molecule has 1 aliphatic heterocycles. The van der Waals surface area contributed by atoms with E-state index in [9.17, 15) is 8.42 Å². The summed E-state index contributed by atoms with van der Waals surface area (Å²) in [4.78, 5) is 5.35. The van der Waals surface area contributed by atoms with Gasteiger partial charge in [-0.3, -0.25) is 0 Å². The van der Waals surface area contributed by atoms with Crippen LogP contribution in [0.15, 0.2) is 0 Å². The summed E-state index contributed by atoms with van der Waals surface area (Å²) in [5.74, 6) is 0.161. The Morgan fingerprint density at radius 2 is 2.20 bits per heavy atom. The smallest absolute Gasteiger partial charge is 0.213 e. The zero-order chi connectivity index (χ0) is 14.8. The van der Waals surface area contributed by atoms with Crippen LogP contribution in [-0.2, 0) is 10.0 Å². The van der Waals surface area contributed by atoms with Gasteiger partial charge in [0.05, 0.1) is 22.5 Å². The van der Waals surface area contributed by atoms with Crippen LogP contribution in [0.5, 0.6) is 0 Å². The van der Waals surface area contributed by atoms with Crippen LogP contribution in [0.25, 0.3) is 0 Å². The van der Waals surface area contributed by atoms with Crippen molar-refractivity contribution in [2.45, 2.75) is 52.1 Å². The third-order valence-electron chi connectivity index (χ3n) is 3.52. The normalized spacial score (nSPS) is 21.9. The molecule has 0 saturated carbocycles. The summed E-state index contributed by atoms with van der Waals surface area (Å²) in [6.45, 7) is 6.66. The first-order chi connectivity index (χ1) is 9.37. The van der Waals surface area contributed by atoms with Crippen LogP contribution in [0.4, 0.5) is 0 Å². The molecule has 1 aromatic heterocycles. The van der Waals surface area contributed by atoms with Crippen LogP contribution in [-0.4, -0.2) is 31.7 Å². The van der Waals surface area contributed by atoms with Gasteiger partial charge in [0.25, 0.3) is 0 Å². The summed E-state index contributed by atoms with van der Waals surface area (Å²) in [6, 6.07) is -0.132. The van der Waals surface area contributed by atoms with Gasteiger partial charge in [-0.2, -0.15) is 0 Å². The predicted octanol–water partition coefficient (Wildman–Crippen LogP) is 1.88. The van der Waals surface area contributed by atoms with Crippen molar-refractivity contribution in [3.63, 3.8) is 0 Å². The highest BCUT2D eigenvalue weighted by Gasteiger charge is 2.24. The Kier molecular flexibility index (Phi) is 5.17. The van der Waals surface area contributed by atoms with Gasteiger partial charge >= 0.3 is 0 Å². The molecule has 5 nitrogen and oxygen atoms in total. The predicted molar refractivity (Wildman–Crippen MR) is 82.6 cm³/mol. The van der Waals surface area contributed by atoms with Gasteiger partial charge in [-0.05, 0) is 40.2 Å². The molecule has 2 atom stereocenters. The minimum atomic E-state index is -3.27. The molecule has 0 amide bonds. The Hall–Kier alpha value is -0.500. The number of rotatable bonds is 5. The molecule has 2 unspecified atom stereocenters. The van der Waals surface area contributed by atoms with E-state index in [0.717, 1.165) is 41.4 Å². The van der Waals surface area contributed by atoms with Crippen molar-refractivity contribution in [1.29, 1.82) is 0 Å². The van der Waals surface area contributed by atoms with Crippen LogP contribution < -0.4 is 10.0 Å². The maximum absolute atomic E-state index is 12.2. The lowest BCUT2D eigenvalue weighted by Crippen LogP contribution is -2.43. The molecular formula is C13H23N3O2S2. The zero-order valence-electron chi connectivity index (χ0n) is 12.3. The van der Waals surface area contributed by atoms with Gasteiger partial charge in [-0.15, -0.1) is 11.3 Å². The molecule has 0 aliphatic carbocycles. The number of hydrogen-bond acceptors (Lipinski definition) is 5. The monoisotopic (exact) mass is 317 g/mol. The van der Waals surface area contributed by atoms with Gasteiger partial charge in [0.1, 0.15) is 0 Å². The number of aryl methyl sites for hydroxylation is 2. The van der Waals surface area contributed by atoms with E-state index in [0.29, 0.717) is 0 Å². The molecule has 0 aromatic carbocycles. The second-order valence-corrected chi connectivity index (χ2v) is 8.48. The average molecular weight is 317 g/mol. The quantitative estimate of drug-likeness (QED) is 0.870. The molecule has 0 spiro atoms. The average Bonchev–Trinajstić information content (AvgIpc) is 2.68. The fourth-order valence-corrected chi connectivity index (χ4v) is 5.22. The van der Waals surface area contributed by atoms with E-state index in [1.54, 1.807) is 11.3 Å². The topological polar surface area (TPSA) is 71.1 Å². The summed E-state index contributed by atoms with van der Waals surface area (Å²) in [6.07, 6.45) is 3.18. The van der Waals surface area contributed by atoms with Gasteiger partial charge in [-0.1, -0.05) is 6.42 Å². The number of hydrogen-bond donors (Lipinski definition) is 2. The SMILES string of the molecule is Cc1nc(C)c(C(C)NS(=O)(=O)CC2CCCCN2)s1. The number of thiazole rings is 1. The number of aromatic nitrogens is 1. The first kappa shape index (κ1) is 15.9. The van der Waals surface area contributed by atoms with E-state index in [-0.39, 0.29) is 17.8 Å². The van der Waals surface area contributed by atoms with Crippen molar-refractivity contribution < 1.29 is 8.42 Å². The summed E-state index contributed by atoms with van der Waals surface area (Å²) in [5, 5.41) is 4.24. The van der Waals surface area contributed by atoms with E-state index >= 15 is 0 Å². The molecule has 20 heavy (non-hydrogen) atoms. The van der Waals surface area contributed by atoms with Crippen LogP contribution in [0.3, 0.4) is 0 Å². The third-order valence-corrected chi connectivity index (χ3v) is 6.33. The van der Waals surface area contributed by atoms with E-state index in [4.69, 9.17) is 0 Å². The second kappa shape index (κ2) is 6.51. The van der Waals surface area contributed by atoms with Gasteiger partial charge in [0, 0.05) is 10.9 Å². The lowest BCUT2D eigenvalue weighted by Gasteiger charge is -2.24. The highest BCUT2D eigenvalue weighted by atomic mass is 32.2. The minimum Gasteiger partial charge on any atom is -0.313 e. The van der Waals surface area contributed by atoms with Gasteiger partial charge < -0.3 is 5.32 Å². The fourth-order valence-electron chi connectivity index (χ4n) is 2.65. The molecule has 1 aliphatic rings. The lowest BCUT2D eigenvalue weighted by atomic mass is 10.1. The molecule has 114 valence electrons. The largest absolute Gasteiger partial charge is 0.313 e. The Bertz CT molecular complexity index is 548. The van der Waals surface area contributed by atoms with E-state index in [2.05, 4.69) is 15.0 Å². The maximum Gasteiger partial charge on any atom is 0.213 e. The lowest BCUT2D eigenvalue weighted by molar-refractivity contribution is 0.421. The minimum absolute atomic E-state index is 0.0812. The number of piperidine rings is 1. The van der Waals surface area contributed by atoms with E-state index in [1.807, 2.05) is 20.8 Å². The second-order valence-electron chi connectivity index (χ2n) is 5.45. The van der Waals surface area contributed by atoms with Crippen LogP contribution in [0.1, 0.15) is 47.8 Å². The van der Waals surface area contributed by atoms with Crippen molar-refractivity contribution >= 4 is 21.4 Å². The Morgan fingerprint density at radius 3 is 2.75 bits per heavy atom. The van der Waals surface area contributed by atoms with Crippen molar-refractivity contribution in [1.82, 2.24) is 15.0 Å². The summed E-state index contributed by atoms with van der Waals surface area (Å²) in [5.41, 5.74) is 0.915. The molecule has 0 bridgehead atoms. The molecule has 2 heterocycles. The summed E-state index contributed by atoms with van der Waals surface area (Å²) < 4.78 is 27.2. The van der Waals surface area contributed by atoms with Crippen LogP contribution in [0, 0.1) is 13.8 Å². The van der Waals surface area contributed by atoms with Crippen molar-refractivity contribution in [2.75, 3.05) is 12.3 Å². The number of nitrogens with one attached hydrogen (secondary N) is 2. The summed E-state index contributed by atoms with van der Waals surface area (Å²) in [7, 11) is -3.27. The first-order valence-electron chi connectivity index (χ1n) is 7.05. The van der Waals surface area contributed by atoms with E-state index < -0.39 is 10.0 Å². The highest BCUT2D eigenvalue weighted by molar-refractivity contribution is 7.89. The van der Waals surface area contributed by atoms with E-state index in [1.165, 1.54) is 0 Å². The standard InChI is InChI=1S/C13H23N3O2S2/c1-9-13(19-11(3)15-9)10(2)16-20(17,18)8-12-6-4-5-7-14-12/h10,12,14,16H,4-8H2,1-3H3. The van der Waals surface area contributed by atoms with Crippen LogP contribution >= 0.6 is 11.3 Å². The van der Waals surface area contributed by atoms with Crippen molar-refractivity contribution in [2.24, 2.45) is 0 Å². The molecule has 7 heteroatoms. The van der Waals surface area contributed by atoms with Gasteiger partial charge in [0.2, 0.25) is 10.0 Å². The highest BCUT2D eigenvalue weighted by Crippen LogP contribution is 2.25. The Morgan fingerprint density at radius 1 is 1.45 bits per heavy atom. The first-order valence-corrected chi connectivity index (χ1v) is 9.51. The zero-order valence-corrected chi connectivity index (χ0v) is 13.9.